The molecule has 0 aliphatic heterocycles. The molecule has 0 bridgehead atoms. The minimum atomic E-state index is 0.400. The van der Waals surface area contributed by atoms with Crippen LogP contribution in [0.2, 0.25) is 0 Å². The van der Waals surface area contributed by atoms with Gasteiger partial charge in [0.15, 0.2) is 0 Å². The Bertz CT molecular complexity index is 631. The van der Waals surface area contributed by atoms with E-state index in [2.05, 4.69) is 85.7 Å². The summed E-state index contributed by atoms with van der Waals surface area (Å²) >= 11 is 0. The molecule has 1 aromatic carbocycles. The molecule has 2 rings (SSSR count). The lowest BCUT2D eigenvalue weighted by Crippen LogP contribution is -2.39. The smallest absolute Gasteiger partial charge is 0.130 e. The van der Waals surface area contributed by atoms with E-state index in [1.807, 2.05) is 11.7 Å². The van der Waals surface area contributed by atoms with Crippen molar-refractivity contribution in [3.63, 3.8) is 0 Å². The highest BCUT2D eigenvalue weighted by Crippen LogP contribution is 2.21. The monoisotopic (exact) mass is 329 g/mol. The summed E-state index contributed by atoms with van der Waals surface area (Å²) in [5.41, 5.74) is 3.74. The van der Waals surface area contributed by atoms with Crippen LogP contribution >= 0.6 is 0 Å². The number of rotatable bonds is 8. The van der Waals surface area contributed by atoms with Gasteiger partial charge in [0.2, 0.25) is 0 Å². The van der Waals surface area contributed by atoms with Crippen molar-refractivity contribution in [2.24, 2.45) is 7.05 Å². The van der Waals surface area contributed by atoms with Crippen LogP contribution in [0.4, 0.5) is 5.82 Å². The quantitative estimate of drug-likeness (QED) is 0.804. The summed E-state index contributed by atoms with van der Waals surface area (Å²) in [6.07, 6.45) is 1.02. The molecule has 1 N–H and O–H groups in total. The van der Waals surface area contributed by atoms with E-state index >= 15 is 0 Å². The molecule has 1 atom stereocenters. The molecule has 0 saturated heterocycles. The summed E-state index contributed by atoms with van der Waals surface area (Å²) in [5.74, 6) is 1.17. The van der Waals surface area contributed by atoms with Crippen LogP contribution in [-0.4, -0.2) is 55.5 Å². The first-order valence-corrected chi connectivity index (χ1v) is 8.50. The van der Waals surface area contributed by atoms with Crippen molar-refractivity contribution in [1.29, 1.82) is 0 Å². The molecule has 2 aromatic rings. The largest absolute Gasteiger partial charge is 0.363 e. The third kappa shape index (κ3) is 4.82. The Morgan fingerprint density at radius 3 is 2.38 bits per heavy atom. The van der Waals surface area contributed by atoms with Crippen LogP contribution in [0.3, 0.4) is 0 Å². The van der Waals surface area contributed by atoms with E-state index in [9.17, 15) is 0 Å². The van der Waals surface area contributed by atoms with Crippen molar-refractivity contribution < 1.29 is 0 Å². The molecule has 5 nitrogen and oxygen atoms in total. The molecule has 0 aliphatic rings. The number of aromatic nitrogens is 2. The highest BCUT2D eigenvalue weighted by Gasteiger charge is 2.17. The van der Waals surface area contributed by atoms with Crippen molar-refractivity contribution in [3.8, 4) is 0 Å². The lowest BCUT2D eigenvalue weighted by atomic mass is 10.1. The maximum absolute atomic E-state index is 4.58. The summed E-state index contributed by atoms with van der Waals surface area (Å²) in [6, 6.07) is 11.1. The van der Waals surface area contributed by atoms with Crippen molar-refractivity contribution in [2.45, 2.75) is 25.9 Å². The van der Waals surface area contributed by atoms with Crippen molar-refractivity contribution in [1.82, 2.24) is 20.0 Å². The fourth-order valence-corrected chi connectivity index (χ4v) is 3.24. The topological polar surface area (TPSA) is 36.3 Å². The molecule has 132 valence electrons. The van der Waals surface area contributed by atoms with E-state index in [1.54, 1.807) is 0 Å². The van der Waals surface area contributed by atoms with E-state index in [4.69, 9.17) is 0 Å². The van der Waals surface area contributed by atoms with Gasteiger partial charge in [-0.2, -0.15) is 5.10 Å². The number of aryl methyl sites for hydroxylation is 2. The second-order valence-corrected chi connectivity index (χ2v) is 6.94. The SMILES string of the molecule is Cc1nn(C)c(N(C)C)c1CN[C@H](Cc1ccccc1)CN(C)C. The summed E-state index contributed by atoms with van der Waals surface area (Å²) in [7, 11) is 10.4. The minimum absolute atomic E-state index is 0.400. The summed E-state index contributed by atoms with van der Waals surface area (Å²) < 4.78 is 1.96. The fourth-order valence-electron chi connectivity index (χ4n) is 3.24. The average Bonchev–Trinajstić information content (AvgIpc) is 2.79. The van der Waals surface area contributed by atoms with Gasteiger partial charge in [0.05, 0.1) is 5.69 Å². The Balaban J connectivity index is 2.10. The maximum atomic E-state index is 4.58. The van der Waals surface area contributed by atoms with Gasteiger partial charge in [-0.15, -0.1) is 0 Å². The number of anilines is 1. The first-order chi connectivity index (χ1) is 11.4. The molecular formula is C19H31N5. The van der Waals surface area contributed by atoms with E-state index in [-0.39, 0.29) is 0 Å². The molecule has 0 spiro atoms. The maximum Gasteiger partial charge on any atom is 0.130 e. The third-order valence-electron chi connectivity index (χ3n) is 4.21. The zero-order chi connectivity index (χ0) is 17.7. The van der Waals surface area contributed by atoms with Gasteiger partial charge in [0, 0.05) is 45.8 Å². The Hall–Kier alpha value is -1.85. The molecule has 0 aliphatic carbocycles. The van der Waals surface area contributed by atoms with E-state index in [1.165, 1.54) is 16.9 Å². The summed E-state index contributed by atoms with van der Waals surface area (Å²) in [6.45, 7) is 3.92. The molecule has 24 heavy (non-hydrogen) atoms. The molecule has 0 amide bonds. The van der Waals surface area contributed by atoms with Gasteiger partial charge in [0.25, 0.3) is 0 Å². The normalized spacial score (nSPS) is 12.6. The lowest BCUT2D eigenvalue weighted by molar-refractivity contribution is 0.334. The van der Waals surface area contributed by atoms with E-state index in [0.717, 1.165) is 25.2 Å². The van der Waals surface area contributed by atoms with E-state index < -0.39 is 0 Å². The number of hydrogen-bond donors (Lipinski definition) is 1. The van der Waals surface area contributed by atoms with Gasteiger partial charge >= 0.3 is 0 Å². The molecule has 1 aromatic heterocycles. The first-order valence-electron chi connectivity index (χ1n) is 8.50. The molecule has 0 fully saturated rings. The molecule has 1 heterocycles. The summed E-state index contributed by atoms with van der Waals surface area (Å²) in [5, 5.41) is 8.32. The number of nitrogens with one attached hydrogen (secondary N) is 1. The summed E-state index contributed by atoms with van der Waals surface area (Å²) in [4.78, 5) is 4.37. The third-order valence-corrected chi connectivity index (χ3v) is 4.21. The van der Waals surface area contributed by atoms with Crippen LogP contribution in [0, 0.1) is 6.92 Å². The predicted molar refractivity (Wildman–Crippen MR) is 102 cm³/mol. The zero-order valence-electron chi connectivity index (χ0n) is 15.9. The minimum Gasteiger partial charge on any atom is -0.363 e. The number of hydrogen-bond acceptors (Lipinski definition) is 4. The Morgan fingerprint density at radius 2 is 1.79 bits per heavy atom. The average molecular weight is 329 g/mol. The van der Waals surface area contributed by atoms with Crippen LogP contribution < -0.4 is 10.2 Å². The van der Waals surface area contributed by atoms with Gasteiger partial charge in [-0.3, -0.25) is 4.68 Å². The van der Waals surface area contributed by atoms with Crippen LogP contribution in [0.1, 0.15) is 16.8 Å². The Labute approximate surface area is 146 Å². The standard InChI is InChI=1S/C19H31N5/c1-15-18(19(23(4)5)24(6)21-15)13-20-17(14-22(2)3)12-16-10-8-7-9-11-16/h7-11,17,20H,12-14H2,1-6H3/t17-/m1/s1. The first kappa shape index (κ1) is 18.5. The van der Waals surface area contributed by atoms with Crippen LogP contribution in [-0.2, 0) is 20.0 Å². The number of benzene rings is 1. The van der Waals surface area contributed by atoms with Gasteiger partial charge in [-0.05, 0) is 33.0 Å². The Morgan fingerprint density at radius 1 is 1.12 bits per heavy atom. The highest BCUT2D eigenvalue weighted by atomic mass is 15.4. The van der Waals surface area contributed by atoms with Gasteiger partial charge in [-0.25, -0.2) is 0 Å². The zero-order valence-corrected chi connectivity index (χ0v) is 15.9. The molecular weight excluding hydrogens is 298 g/mol. The lowest BCUT2D eigenvalue weighted by Gasteiger charge is -2.23. The fraction of sp³-hybridized carbons (Fsp3) is 0.526. The number of likely N-dealkylation sites (N-methyl/N-ethyl adjacent to an activating group) is 1. The van der Waals surface area contributed by atoms with Gasteiger partial charge in [0.1, 0.15) is 5.82 Å². The predicted octanol–water partition coefficient (Wildman–Crippen LogP) is 2.06. The molecule has 5 heteroatoms. The van der Waals surface area contributed by atoms with Crippen LogP contribution in [0.5, 0.6) is 0 Å². The second kappa shape index (κ2) is 8.31. The van der Waals surface area contributed by atoms with Gasteiger partial charge < -0.3 is 15.1 Å². The van der Waals surface area contributed by atoms with Crippen LogP contribution in [0.15, 0.2) is 30.3 Å². The van der Waals surface area contributed by atoms with Crippen LogP contribution in [0.25, 0.3) is 0 Å². The van der Waals surface area contributed by atoms with Crippen molar-refractivity contribution in [3.05, 3.63) is 47.2 Å². The highest BCUT2D eigenvalue weighted by molar-refractivity contribution is 5.48. The Kier molecular flexibility index (Phi) is 6.40. The van der Waals surface area contributed by atoms with E-state index in [0.29, 0.717) is 6.04 Å². The number of nitrogens with zero attached hydrogens (tertiary/aromatic N) is 4. The molecule has 0 radical (unpaired) electrons. The molecule has 0 saturated carbocycles. The van der Waals surface area contributed by atoms with Gasteiger partial charge in [-0.1, -0.05) is 30.3 Å². The van der Waals surface area contributed by atoms with Crippen molar-refractivity contribution >= 4 is 5.82 Å². The van der Waals surface area contributed by atoms with Crippen molar-refractivity contribution in [2.75, 3.05) is 39.6 Å². The second-order valence-electron chi connectivity index (χ2n) is 6.94. The molecule has 0 unspecified atom stereocenters.